The van der Waals surface area contributed by atoms with Gasteiger partial charge < -0.3 is 14.6 Å². The Morgan fingerprint density at radius 1 is 1.19 bits per heavy atom. The van der Waals surface area contributed by atoms with Gasteiger partial charge in [-0.15, -0.1) is 0 Å². The van der Waals surface area contributed by atoms with Crippen LogP contribution < -0.4 is 5.32 Å². The first-order chi connectivity index (χ1) is 17.2. The molecule has 1 N–H and O–H groups in total. The molecule has 8 heteroatoms. The third-order valence-electron chi connectivity index (χ3n) is 5.24. The second kappa shape index (κ2) is 12.8. The Morgan fingerprint density at radius 2 is 1.94 bits per heavy atom. The van der Waals surface area contributed by atoms with Crippen LogP contribution in [0.3, 0.4) is 0 Å². The lowest BCUT2D eigenvalue weighted by Crippen LogP contribution is -2.44. The highest BCUT2D eigenvalue weighted by molar-refractivity contribution is 7.98. The standard InChI is InChI=1S/C28H32ClN3O3S/c1-28(2,3)35-27(34)25(13-17-36-4)31-26(33)23-12-7-20(6-5-15-32-16-14-30-19-32)18-24(23)21-8-10-22(29)11-9-21/h5-12,14,16,18-19,25H,13,15,17H2,1-4H3,(H,31,33)/t25-/m0/s1. The van der Waals surface area contributed by atoms with Crippen molar-refractivity contribution in [2.45, 2.75) is 45.4 Å². The maximum atomic E-state index is 13.5. The van der Waals surface area contributed by atoms with Gasteiger partial charge in [0.05, 0.1) is 6.33 Å². The lowest BCUT2D eigenvalue weighted by atomic mass is 9.96. The first kappa shape index (κ1) is 27.6. The van der Waals surface area contributed by atoms with Crippen molar-refractivity contribution >= 4 is 41.3 Å². The number of rotatable bonds is 10. The van der Waals surface area contributed by atoms with Gasteiger partial charge in [0.1, 0.15) is 11.6 Å². The number of hydrogen-bond acceptors (Lipinski definition) is 5. The lowest BCUT2D eigenvalue weighted by Gasteiger charge is -2.25. The van der Waals surface area contributed by atoms with Crippen LogP contribution in [0.5, 0.6) is 0 Å². The summed E-state index contributed by atoms with van der Waals surface area (Å²) < 4.78 is 7.52. The highest BCUT2D eigenvalue weighted by Crippen LogP contribution is 2.27. The molecule has 0 bridgehead atoms. The van der Waals surface area contributed by atoms with Crippen molar-refractivity contribution in [3.05, 3.63) is 83.4 Å². The van der Waals surface area contributed by atoms with Crippen molar-refractivity contribution in [1.82, 2.24) is 14.9 Å². The summed E-state index contributed by atoms with van der Waals surface area (Å²) in [4.78, 5) is 30.3. The predicted octanol–water partition coefficient (Wildman–Crippen LogP) is 6.11. The Morgan fingerprint density at radius 3 is 2.58 bits per heavy atom. The van der Waals surface area contributed by atoms with Crippen LogP contribution >= 0.6 is 23.4 Å². The number of hydrogen-bond donors (Lipinski definition) is 1. The SMILES string of the molecule is CSCC[C@H](NC(=O)c1ccc(C=CCn2ccnc2)cc1-c1ccc(Cl)cc1)C(=O)OC(C)(C)C. The molecule has 1 atom stereocenters. The number of carbonyl (C=O) groups is 2. The van der Waals surface area contributed by atoms with Gasteiger partial charge in [0.15, 0.2) is 0 Å². The van der Waals surface area contributed by atoms with Gasteiger partial charge in [-0.05, 0) is 80.2 Å². The Labute approximate surface area is 222 Å². The first-order valence-corrected chi connectivity index (χ1v) is 13.5. The van der Waals surface area contributed by atoms with E-state index in [2.05, 4.69) is 10.3 Å². The van der Waals surface area contributed by atoms with E-state index in [-0.39, 0.29) is 5.91 Å². The second-order valence-electron chi connectivity index (χ2n) is 9.31. The number of nitrogens with one attached hydrogen (secondary N) is 1. The van der Waals surface area contributed by atoms with Gasteiger partial charge in [0.2, 0.25) is 0 Å². The number of amides is 1. The number of benzene rings is 2. The summed E-state index contributed by atoms with van der Waals surface area (Å²) in [5, 5.41) is 3.53. The minimum Gasteiger partial charge on any atom is -0.458 e. The Hall–Kier alpha value is -3.03. The van der Waals surface area contributed by atoms with E-state index in [1.54, 1.807) is 42.5 Å². The van der Waals surface area contributed by atoms with E-state index in [4.69, 9.17) is 16.3 Å². The van der Waals surface area contributed by atoms with Gasteiger partial charge in [0.25, 0.3) is 5.91 Å². The number of aromatic nitrogens is 2. The third kappa shape index (κ3) is 8.28. The molecule has 0 aliphatic rings. The van der Waals surface area contributed by atoms with Gasteiger partial charge in [-0.2, -0.15) is 11.8 Å². The molecule has 0 radical (unpaired) electrons. The number of halogens is 1. The summed E-state index contributed by atoms with van der Waals surface area (Å²) in [7, 11) is 0. The Bertz CT molecular complexity index is 1190. The van der Waals surface area contributed by atoms with Crippen LogP contribution in [0.1, 0.15) is 43.1 Å². The van der Waals surface area contributed by atoms with Gasteiger partial charge in [-0.25, -0.2) is 9.78 Å². The summed E-state index contributed by atoms with van der Waals surface area (Å²) in [5.74, 6) is -0.0441. The summed E-state index contributed by atoms with van der Waals surface area (Å²) >= 11 is 7.72. The van der Waals surface area contributed by atoms with E-state index >= 15 is 0 Å². The van der Waals surface area contributed by atoms with Crippen molar-refractivity contribution in [3.8, 4) is 11.1 Å². The molecule has 36 heavy (non-hydrogen) atoms. The van der Waals surface area contributed by atoms with Crippen LogP contribution in [-0.4, -0.2) is 45.1 Å². The predicted molar refractivity (Wildman–Crippen MR) is 148 cm³/mol. The molecule has 3 aromatic rings. The van der Waals surface area contributed by atoms with Crippen LogP contribution in [0.4, 0.5) is 0 Å². The number of allylic oxidation sites excluding steroid dienone is 1. The summed E-state index contributed by atoms with van der Waals surface area (Å²) in [6, 6.07) is 12.3. The van der Waals surface area contributed by atoms with Gasteiger partial charge in [0, 0.05) is 29.5 Å². The normalized spacial score (nSPS) is 12.5. The van der Waals surface area contributed by atoms with Crippen molar-refractivity contribution in [3.63, 3.8) is 0 Å². The molecule has 0 aliphatic heterocycles. The molecule has 0 fully saturated rings. The third-order valence-corrected chi connectivity index (χ3v) is 6.13. The average molecular weight is 526 g/mol. The van der Waals surface area contributed by atoms with Crippen LogP contribution in [0.25, 0.3) is 17.2 Å². The topological polar surface area (TPSA) is 73.2 Å². The van der Waals surface area contributed by atoms with E-state index in [1.807, 2.05) is 74.2 Å². The molecule has 2 aromatic carbocycles. The average Bonchev–Trinajstić information content (AvgIpc) is 3.34. The molecule has 0 spiro atoms. The molecule has 1 aromatic heterocycles. The largest absolute Gasteiger partial charge is 0.458 e. The second-order valence-corrected chi connectivity index (χ2v) is 10.7. The highest BCUT2D eigenvalue weighted by Gasteiger charge is 2.27. The molecule has 3 rings (SSSR count). The maximum Gasteiger partial charge on any atom is 0.329 e. The van der Waals surface area contributed by atoms with Gasteiger partial charge in [-0.3, -0.25) is 4.79 Å². The lowest BCUT2D eigenvalue weighted by molar-refractivity contribution is -0.157. The summed E-state index contributed by atoms with van der Waals surface area (Å²) in [6.45, 7) is 6.13. The molecule has 0 unspecified atom stereocenters. The highest BCUT2D eigenvalue weighted by atomic mass is 35.5. The Balaban J connectivity index is 1.89. The molecule has 190 valence electrons. The van der Waals surface area contributed by atoms with Crippen molar-refractivity contribution in [2.75, 3.05) is 12.0 Å². The van der Waals surface area contributed by atoms with Crippen molar-refractivity contribution < 1.29 is 14.3 Å². The minimum atomic E-state index is -0.739. The molecule has 1 heterocycles. The smallest absolute Gasteiger partial charge is 0.329 e. The minimum absolute atomic E-state index is 0.328. The number of ether oxygens (including phenoxy) is 1. The van der Waals surface area contributed by atoms with Crippen molar-refractivity contribution in [2.24, 2.45) is 0 Å². The maximum absolute atomic E-state index is 13.5. The molecule has 0 saturated heterocycles. The first-order valence-electron chi connectivity index (χ1n) is 11.7. The van der Waals surface area contributed by atoms with E-state index in [1.165, 1.54) is 0 Å². The number of imidazole rings is 1. The number of carbonyl (C=O) groups excluding carboxylic acids is 2. The van der Waals surface area contributed by atoms with Gasteiger partial charge in [-0.1, -0.05) is 42.0 Å². The van der Waals surface area contributed by atoms with Crippen molar-refractivity contribution in [1.29, 1.82) is 0 Å². The number of nitrogens with zero attached hydrogens (tertiary/aromatic N) is 2. The quantitative estimate of drug-likeness (QED) is 0.323. The molecular weight excluding hydrogens is 494 g/mol. The molecular formula is C28H32ClN3O3S. The number of esters is 1. The van der Waals surface area contributed by atoms with Crippen LogP contribution in [0.2, 0.25) is 5.02 Å². The fourth-order valence-corrected chi connectivity index (χ4v) is 4.13. The monoisotopic (exact) mass is 525 g/mol. The van der Waals surface area contributed by atoms with Crippen LogP contribution in [0, 0.1) is 0 Å². The summed E-state index contributed by atoms with van der Waals surface area (Å²) in [6.07, 6.45) is 11.9. The van der Waals surface area contributed by atoms with E-state index in [0.717, 1.165) is 22.4 Å². The number of thioether (sulfide) groups is 1. The van der Waals surface area contributed by atoms with E-state index in [9.17, 15) is 9.59 Å². The molecule has 0 aliphatic carbocycles. The fourth-order valence-electron chi connectivity index (χ4n) is 3.53. The van der Waals surface area contributed by atoms with Crippen LogP contribution in [0.15, 0.2) is 67.3 Å². The summed E-state index contributed by atoms with van der Waals surface area (Å²) in [5.41, 5.74) is 2.39. The Kier molecular flexibility index (Phi) is 9.79. The van der Waals surface area contributed by atoms with Crippen LogP contribution in [-0.2, 0) is 16.1 Å². The van der Waals surface area contributed by atoms with Gasteiger partial charge >= 0.3 is 5.97 Å². The zero-order valence-corrected chi connectivity index (χ0v) is 22.6. The van der Waals surface area contributed by atoms with E-state index in [0.29, 0.717) is 23.6 Å². The zero-order chi connectivity index (χ0) is 26.1. The zero-order valence-electron chi connectivity index (χ0n) is 21.0. The molecule has 1 amide bonds. The molecule has 0 saturated carbocycles. The van der Waals surface area contributed by atoms with E-state index < -0.39 is 17.6 Å². The molecule has 6 nitrogen and oxygen atoms in total. The fraction of sp³-hybridized carbons (Fsp3) is 0.321.